The molecule has 0 aromatic carbocycles. The Morgan fingerprint density at radius 3 is 2.94 bits per heavy atom. The summed E-state index contributed by atoms with van der Waals surface area (Å²) in [5.41, 5.74) is 1.13. The van der Waals surface area contributed by atoms with Gasteiger partial charge in [-0.2, -0.15) is 0 Å². The summed E-state index contributed by atoms with van der Waals surface area (Å²) in [6, 6.07) is 0. The van der Waals surface area contributed by atoms with Gasteiger partial charge in [-0.1, -0.05) is 6.92 Å². The van der Waals surface area contributed by atoms with E-state index in [1.807, 2.05) is 6.92 Å². The van der Waals surface area contributed by atoms with E-state index in [4.69, 9.17) is 5.84 Å². The van der Waals surface area contributed by atoms with Gasteiger partial charge in [0.05, 0.1) is 5.39 Å². The Morgan fingerprint density at radius 1 is 1.41 bits per heavy atom. The number of nitrogens with two attached hydrogens (primary N) is 1. The molecule has 0 unspecified atom stereocenters. The monoisotopic (exact) mass is 249 g/mol. The van der Waals surface area contributed by atoms with E-state index in [9.17, 15) is 4.79 Å². The average molecular weight is 249 g/mol. The van der Waals surface area contributed by atoms with Gasteiger partial charge in [0, 0.05) is 11.3 Å². The van der Waals surface area contributed by atoms with Crippen LogP contribution in [0.1, 0.15) is 36.0 Å². The molecule has 2 heterocycles. The van der Waals surface area contributed by atoms with E-state index in [1.165, 1.54) is 28.0 Å². The summed E-state index contributed by atoms with van der Waals surface area (Å²) in [5.74, 6) is 6.47. The third kappa shape index (κ3) is 1.49. The molecule has 2 aromatic heterocycles. The molecule has 5 heteroatoms. The predicted molar refractivity (Wildman–Crippen MR) is 70.1 cm³/mol. The molecule has 0 spiro atoms. The molecule has 1 aliphatic rings. The molecule has 0 amide bonds. The Labute approximate surface area is 103 Å². The van der Waals surface area contributed by atoms with Crippen molar-refractivity contribution in [3.63, 3.8) is 0 Å². The Hall–Kier alpha value is -1.36. The fraction of sp³-hybridized carbons (Fsp3) is 0.500. The minimum absolute atomic E-state index is 0.0775. The normalized spacial score (nSPS) is 15.1. The van der Waals surface area contributed by atoms with Gasteiger partial charge in [-0.25, -0.2) is 9.66 Å². The highest BCUT2D eigenvalue weighted by atomic mass is 32.1. The number of hydrogen-bond donors (Lipinski definition) is 1. The molecule has 3 rings (SSSR count). The van der Waals surface area contributed by atoms with Crippen molar-refractivity contribution in [3.8, 4) is 0 Å². The van der Waals surface area contributed by atoms with E-state index in [0.717, 1.165) is 23.1 Å². The highest BCUT2D eigenvalue weighted by molar-refractivity contribution is 7.18. The lowest BCUT2D eigenvalue weighted by Crippen LogP contribution is -2.31. The minimum Gasteiger partial charge on any atom is -0.335 e. The number of aryl methyl sites for hydroxylation is 3. The fourth-order valence-electron chi connectivity index (χ4n) is 2.51. The van der Waals surface area contributed by atoms with Gasteiger partial charge in [0.25, 0.3) is 5.56 Å². The summed E-state index contributed by atoms with van der Waals surface area (Å²) >= 11 is 1.67. The summed E-state index contributed by atoms with van der Waals surface area (Å²) in [5, 5.41) is 0.768. The number of hydrogen-bond acceptors (Lipinski definition) is 4. The highest BCUT2D eigenvalue weighted by Crippen LogP contribution is 2.33. The number of aromatic nitrogens is 2. The fourth-order valence-corrected chi connectivity index (χ4v) is 3.78. The molecule has 0 radical (unpaired) electrons. The van der Waals surface area contributed by atoms with Crippen molar-refractivity contribution in [2.75, 3.05) is 5.84 Å². The van der Waals surface area contributed by atoms with Crippen LogP contribution < -0.4 is 11.4 Å². The van der Waals surface area contributed by atoms with Crippen LogP contribution >= 0.6 is 11.3 Å². The maximum absolute atomic E-state index is 12.2. The minimum atomic E-state index is -0.0775. The largest absolute Gasteiger partial charge is 0.335 e. The Balaban J connectivity index is 2.39. The number of thiophene rings is 1. The van der Waals surface area contributed by atoms with Gasteiger partial charge in [-0.05, 0) is 31.2 Å². The molecule has 0 saturated heterocycles. The molecule has 2 N–H and O–H groups in total. The number of nitrogens with zero attached hydrogens (tertiary/aromatic N) is 2. The van der Waals surface area contributed by atoms with Gasteiger partial charge in [0.2, 0.25) is 0 Å². The quantitative estimate of drug-likeness (QED) is 0.781. The second-order valence-corrected chi connectivity index (χ2v) is 5.53. The van der Waals surface area contributed by atoms with E-state index in [0.29, 0.717) is 12.2 Å². The van der Waals surface area contributed by atoms with Crippen molar-refractivity contribution in [3.05, 3.63) is 26.6 Å². The standard InChI is InChI=1S/C12H15N3OS/c1-2-9-14-11-10(12(16)15(9)13)7-5-3-4-6-8(7)17-11/h2-6,13H2,1H3. The van der Waals surface area contributed by atoms with Crippen LogP contribution in [-0.2, 0) is 19.3 Å². The average Bonchev–Trinajstić information content (AvgIpc) is 2.72. The van der Waals surface area contributed by atoms with Gasteiger partial charge in [-0.15, -0.1) is 11.3 Å². The van der Waals surface area contributed by atoms with E-state index < -0.39 is 0 Å². The summed E-state index contributed by atoms with van der Waals surface area (Å²) < 4.78 is 1.21. The van der Waals surface area contributed by atoms with Crippen LogP contribution in [0.25, 0.3) is 10.2 Å². The first-order chi connectivity index (χ1) is 8.22. The topological polar surface area (TPSA) is 60.9 Å². The summed E-state index contributed by atoms with van der Waals surface area (Å²) in [4.78, 5) is 19.0. The van der Waals surface area contributed by atoms with Crippen molar-refractivity contribution < 1.29 is 0 Å². The summed E-state index contributed by atoms with van der Waals surface area (Å²) in [6.07, 6.45) is 5.15. The second kappa shape index (κ2) is 3.84. The van der Waals surface area contributed by atoms with Crippen LogP contribution in [-0.4, -0.2) is 9.66 Å². The predicted octanol–water partition coefficient (Wildman–Crippen LogP) is 1.61. The lowest BCUT2D eigenvalue weighted by atomic mass is 9.97. The Morgan fingerprint density at radius 2 is 2.18 bits per heavy atom. The van der Waals surface area contributed by atoms with Crippen LogP contribution in [0.5, 0.6) is 0 Å². The number of rotatable bonds is 1. The van der Waals surface area contributed by atoms with E-state index in [1.54, 1.807) is 11.3 Å². The van der Waals surface area contributed by atoms with Crippen molar-refractivity contribution >= 4 is 21.6 Å². The van der Waals surface area contributed by atoms with Crippen LogP contribution in [0.2, 0.25) is 0 Å². The molecule has 0 aliphatic heterocycles. The lowest BCUT2D eigenvalue weighted by molar-refractivity contribution is 0.699. The maximum Gasteiger partial charge on any atom is 0.280 e. The van der Waals surface area contributed by atoms with E-state index in [2.05, 4.69) is 4.98 Å². The summed E-state index contributed by atoms with van der Waals surface area (Å²) in [6.45, 7) is 1.96. The molecule has 90 valence electrons. The van der Waals surface area contributed by atoms with Crippen molar-refractivity contribution in [1.29, 1.82) is 0 Å². The molecule has 0 saturated carbocycles. The zero-order valence-electron chi connectivity index (χ0n) is 9.82. The van der Waals surface area contributed by atoms with Crippen molar-refractivity contribution in [1.82, 2.24) is 9.66 Å². The van der Waals surface area contributed by atoms with Crippen LogP contribution in [0.3, 0.4) is 0 Å². The van der Waals surface area contributed by atoms with Gasteiger partial charge in [0.15, 0.2) is 0 Å². The number of fused-ring (bicyclic) bond motifs is 3. The molecule has 1 aliphatic carbocycles. The zero-order valence-corrected chi connectivity index (χ0v) is 10.6. The number of nitrogen functional groups attached to an aromatic ring is 1. The molecule has 0 fully saturated rings. The third-order valence-corrected chi connectivity index (χ3v) is 4.60. The van der Waals surface area contributed by atoms with Crippen LogP contribution in [0.15, 0.2) is 4.79 Å². The summed E-state index contributed by atoms with van der Waals surface area (Å²) in [7, 11) is 0. The Bertz CT molecular complexity index is 641. The van der Waals surface area contributed by atoms with Crippen LogP contribution in [0, 0.1) is 0 Å². The molecular weight excluding hydrogens is 234 g/mol. The molecule has 2 aromatic rings. The van der Waals surface area contributed by atoms with Gasteiger partial charge < -0.3 is 5.84 Å². The zero-order chi connectivity index (χ0) is 12.0. The molecular formula is C12H15N3OS. The molecule has 4 nitrogen and oxygen atoms in total. The lowest BCUT2D eigenvalue weighted by Gasteiger charge is -2.10. The molecule has 17 heavy (non-hydrogen) atoms. The third-order valence-electron chi connectivity index (χ3n) is 3.41. The SMILES string of the molecule is CCc1nc2sc3c(c2c(=O)n1N)CCCC3. The van der Waals surface area contributed by atoms with Crippen molar-refractivity contribution in [2.45, 2.75) is 39.0 Å². The highest BCUT2D eigenvalue weighted by Gasteiger charge is 2.20. The first kappa shape index (κ1) is 10.8. The first-order valence-corrected chi connectivity index (χ1v) is 6.85. The smallest absolute Gasteiger partial charge is 0.280 e. The van der Waals surface area contributed by atoms with Gasteiger partial charge >= 0.3 is 0 Å². The second-order valence-electron chi connectivity index (χ2n) is 4.45. The van der Waals surface area contributed by atoms with E-state index in [-0.39, 0.29) is 5.56 Å². The van der Waals surface area contributed by atoms with Crippen LogP contribution in [0.4, 0.5) is 0 Å². The maximum atomic E-state index is 12.2. The molecule has 0 atom stereocenters. The van der Waals surface area contributed by atoms with Gasteiger partial charge in [0.1, 0.15) is 10.7 Å². The Kier molecular flexibility index (Phi) is 2.43. The van der Waals surface area contributed by atoms with Gasteiger partial charge in [-0.3, -0.25) is 4.79 Å². The van der Waals surface area contributed by atoms with E-state index >= 15 is 0 Å². The molecule has 0 bridgehead atoms. The van der Waals surface area contributed by atoms with Crippen molar-refractivity contribution in [2.24, 2.45) is 0 Å². The first-order valence-electron chi connectivity index (χ1n) is 6.03.